The standard InChI is InChI=1S/C24H28FNO4/c1-17-13-18(9-10-20(17)28-15-23(2,3)25)22(27)26-12-11-24(19-7-5-4-6-8-19)21(14-26)29-16-30-24/h4-10,13,21H,11-12,14-16H2,1-3H3/t21-,24-/m1/s1. The molecule has 4 rings (SSSR count). The van der Waals surface area contributed by atoms with Gasteiger partial charge in [-0.1, -0.05) is 30.3 Å². The zero-order valence-electron chi connectivity index (χ0n) is 17.7. The molecular formula is C24H28FNO4. The number of carbonyl (C=O) groups excluding carboxylic acids is 1. The maximum absolute atomic E-state index is 13.7. The molecule has 160 valence electrons. The summed E-state index contributed by atoms with van der Waals surface area (Å²) in [5.74, 6) is 0.541. The lowest BCUT2D eigenvalue weighted by molar-refractivity contribution is -0.0439. The highest BCUT2D eigenvalue weighted by Crippen LogP contribution is 2.42. The molecule has 2 aromatic carbocycles. The van der Waals surface area contributed by atoms with E-state index >= 15 is 0 Å². The van der Waals surface area contributed by atoms with E-state index in [0.717, 1.165) is 11.1 Å². The van der Waals surface area contributed by atoms with Gasteiger partial charge in [0.2, 0.25) is 0 Å². The Morgan fingerprint density at radius 3 is 2.73 bits per heavy atom. The van der Waals surface area contributed by atoms with Crippen LogP contribution in [-0.2, 0) is 15.1 Å². The van der Waals surface area contributed by atoms with Gasteiger partial charge in [-0.15, -0.1) is 0 Å². The zero-order valence-corrected chi connectivity index (χ0v) is 17.7. The van der Waals surface area contributed by atoms with Gasteiger partial charge in [0.1, 0.15) is 36.5 Å². The Labute approximate surface area is 176 Å². The normalized spacial score (nSPS) is 23.9. The van der Waals surface area contributed by atoms with E-state index in [1.807, 2.05) is 30.0 Å². The number of rotatable bonds is 5. The fraction of sp³-hybridized carbons (Fsp3) is 0.458. The minimum Gasteiger partial charge on any atom is -0.490 e. The molecule has 2 heterocycles. The maximum atomic E-state index is 13.7. The van der Waals surface area contributed by atoms with Gasteiger partial charge in [-0.25, -0.2) is 4.39 Å². The zero-order chi connectivity index (χ0) is 21.4. The smallest absolute Gasteiger partial charge is 0.253 e. The molecule has 2 saturated heterocycles. The molecule has 0 bridgehead atoms. The van der Waals surface area contributed by atoms with Crippen LogP contribution in [0, 0.1) is 6.92 Å². The van der Waals surface area contributed by atoms with Crippen molar-refractivity contribution in [2.24, 2.45) is 0 Å². The van der Waals surface area contributed by atoms with E-state index in [1.165, 1.54) is 13.8 Å². The molecule has 2 fully saturated rings. The summed E-state index contributed by atoms with van der Waals surface area (Å²) in [4.78, 5) is 15.0. The third kappa shape index (κ3) is 4.07. The monoisotopic (exact) mass is 413 g/mol. The van der Waals surface area contributed by atoms with Gasteiger partial charge >= 0.3 is 0 Å². The van der Waals surface area contributed by atoms with Crippen LogP contribution in [0.25, 0.3) is 0 Å². The number of hydrogen-bond acceptors (Lipinski definition) is 4. The van der Waals surface area contributed by atoms with Gasteiger partial charge in [0, 0.05) is 18.5 Å². The van der Waals surface area contributed by atoms with Crippen LogP contribution in [-0.4, -0.2) is 49.1 Å². The Kier molecular flexibility index (Phi) is 5.55. The van der Waals surface area contributed by atoms with Crippen molar-refractivity contribution in [1.82, 2.24) is 4.90 Å². The second-order valence-electron chi connectivity index (χ2n) is 8.66. The van der Waals surface area contributed by atoms with Crippen LogP contribution in [0.3, 0.4) is 0 Å². The number of benzene rings is 2. The van der Waals surface area contributed by atoms with Crippen LogP contribution in [0.15, 0.2) is 48.5 Å². The van der Waals surface area contributed by atoms with Crippen LogP contribution in [0.4, 0.5) is 4.39 Å². The highest BCUT2D eigenvalue weighted by molar-refractivity contribution is 5.94. The molecule has 2 aliphatic heterocycles. The maximum Gasteiger partial charge on any atom is 0.253 e. The minimum absolute atomic E-state index is 0.0339. The lowest BCUT2D eigenvalue weighted by Crippen LogP contribution is -2.53. The summed E-state index contributed by atoms with van der Waals surface area (Å²) in [5.41, 5.74) is 0.577. The molecule has 1 amide bonds. The van der Waals surface area contributed by atoms with Gasteiger partial charge in [-0.2, -0.15) is 0 Å². The largest absolute Gasteiger partial charge is 0.490 e. The Bertz CT molecular complexity index is 911. The Morgan fingerprint density at radius 1 is 1.27 bits per heavy atom. The van der Waals surface area contributed by atoms with Crippen molar-refractivity contribution in [3.05, 3.63) is 65.2 Å². The van der Waals surface area contributed by atoms with Gasteiger partial charge in [-0.3, -0.25) is 4.79 Å². The summed E-state index contributed by atoms with van der Waals surface area (Å²) in [5, 5.41) is 0. The highest BCUT2D eigenvalue weighted by atomic mass is 19.1. The van der Waals surface area contributed by atoms with E-state index in [-0.39, 0.29) is 25.4 Å². The van der Waals surface area contributed by atoms with Crippen molar-refractivity contribution in [2.45, 2.75) is 44.6 Å². The lowest BCUT2D eigenvalue weighted by atomic mass is 9.82. The quantitative estimate of drug-likeness (QED) is 0.736. The number of piperidine rings is 1. The van der Waals surface area contributed by atoms with E-state index in [1.54, 1.807) is 18.2 Å². The molecule has 0 aromatic heterocycles. The average Bonchev–Trinajstić information content (AvgIpc) is 3.16. The Hall–Kier alpha value is -2.44. The number of amides is 1. The third-order valence-corrected chi connectivity index (χ3v) is 5.79. The molecule has 6 heteroatoms. The van der Waals surface area contributed by atoms with E-state index in [9.17, 15) is 9.18 Å². The summed E-state index contributed by atoms with van der Waals surface area (Å²) in [6, 6.07) is 15.4. The number of nitrogens with zero attached hydrogens (tertiary/aromatic N) is 1. The molecule has 0 saturated carbocycles. The van der Waals surface area contributed by atoms with Crippen LogP contribution < -0.4 is 4.74 Å². The van der Waals surface area contributed by atoms with Crippen LogP contribution >= 0.6 is 0 Å². The number of alkyl halides is 1. The van der Waals surface area contributed by atoms with Gasteiger partial charge in [0.05, 0.1) is 6.54 Å². The van der Waals surface area contributed by atoms with Gasteiger partial charge in [-0.05, 0) is 50.1 Å². The van der Waals surface area contributed by atoms with Crippen molar-refractivity contribution in [3.63, 3.8) is 0 Å². The van der Waals surface area contributed by atoms with Crippen molar-refractivity contribution in [1.29, 1.82) is 0 Å². The highest BCUT2D eigenvalue weighted by Gasteiger charge is 2.51. The van der Waals surface area contributed by atoms with Crippen LogP contribution in [0.1, 0.15) is 41.8 Å². The molecule has 2 aromatic rings. The topological polar surface area (TPSA) is 48.0 Å². The number of hydrogen-bond donors (Lipinski definition) is 0. The fourth-order valence-electron chi connectivity index (χ4n) is 4.17. The van der Waals surface area contributed by atoms with Crippen LogP contribution in [0.5, 0.6) is 5.75 Å². The van der Waals surface area contributed by atoms with E-state index < -0.39 is 11.3 Å². The number of carbonyl (C=O) groups is 1. The second kappa shape index (κ2) is 8.00. The summed E-state index contributed by atoms with van der Waals surface area (Å²) in [7, 11) is 0. The molecule has 0 aliphatic carbocycles. The molecule has 0 spiro atoms. The lowest BCUT2D eigenvalue weighted by Gasteiger charge is -2.42. The molecule has 2 atom stereocenters. The SMILES string of the molecule is Cc1cc(C(=O)N2CC[C@]3(c4ccccc4)OCO[C@@H]3C2)ccc1OCC(C)(C)F. The van der Waals surface area contributed by atoms with Crippen LogP contribution in [0.2, 0.25) is 0 Å². The molecular weight excluding hydrogens is 385 g/mol. The predicted molar refractivity (Wildman–Crippen MR) is 111 cm³/mol. The second-order valence-corrected chi connectivity index (χ2v) is 8.66. The van der Waals surface area contributed by atoms with Crippen molar-refractivity contribution in [2.75, 3.05) is 26.5 Å². The van der Waals surface area contributed by atoms with Crippen molar-refractivity contribution < 1.29 is 23.4 Å². The molecule has 0 N–H and O–H groups in total. The number of ether oxygens (including phenoxy) is 3. The number of halogens is 1. The van der Waals surface area contributed by atoms with Gasteiger partial charge < -0.3 is 19.1 Å². The van der Waals surface area contributed by atoms with Crippen molar-refractivity contribution >= 4 is 5.91 Å². The van der Waals surface area contributed by atoms with Gasteiger partial charge in [0.15, 0.2) is 0 Å². The molecule has 0 radical (unpaired) electrons. The summed E-state index contributed by atoms with van der Waals surface area (Å²) in [6.07, 6.45) is 0.479. The first-order valence-electron chi connectivity index (χ1n) is 10.3. The van der Waals surface area contributed by atoms with E-state index in [0.29, 0.717) is 30.8 Å². The number of likely N-dealkylation sites (tertiary alicyclic amines) is 1. The molecule has 0 unspecified atom stereocenters. The first kappa shape index (κ1) is 20.8. The predicted octanol–water partition coefficient (Wildman–Crippen LogP) is 4.24. The first-order chi connectivity index (χ1) is 14.3. The fourth-order valence-corrected chi connectivity index (χ4v) is 4.17. The van der Waals surface area contributed by atoms with Crippen molar-refractivity contribution in [3.8, 4) is 5.75 Å². The summed E-state index contributed by atoms with van der Waals surface area (Å²) >= 11 is 0. The van der Waals surface area contributed by atoms with E-state index in [4.69, 9.17) is 14.2 Å². The number of fused-ring (bicyclic) bond motifs is 1. The average molecular weight is 413 g/mol. The first-order valence-corrected chi connectivity index (χ1v) is 10.3. The molecule has 5 nitrogen and oxygen atoms in total. The molecule has 2 aliphatic rings. The van der Waals surface area contributed by atoms with Gasteiger partial charge in [0.25, 0.3) is 5.91 Å². The Morgan fingerprint density at radius 2 is 2.03 bits per heavy atom. The Balaban J connectivity index is 1.47. The third-order valence-electron chi connectivity index (χ3n) is 5.79. The van der Waals surface area contributed by atoms with E-state index in [2.05, 4.69) is 12.1 Å². The minimum atomic E-state index is -1.41. The summed E-state index contributed by atoms with van der Waals surface area (Å²) < 4.78 is 31.2. The summed E-state index contributed by atoms with van der Waals surface area (Å²) in [6.45, 7) is 6.07. The molecule has 30 heavy (non-hydrogen) atoms. The number of aryl methyl sites for hydroxylation is 1.